The molecular formula is C31H34N6O3. The van der Waals surface area contributed by atoms with Gasteiger partial charge in [0.1, 0.15) is 5.75 Å². The van der Waals surface area contributed by atoms with Gasteiger partial charge in [-0.05, 0) is 73.9 Å². The minimum atomic E-state index is -0.417. The van der Waals surface area contributed by atoms with Gasteiger partial charge in [-0.15, -0.1) is 0 Å². The molecule has 9 heteroatoms. The predicted octanol–water partition coefficient (Wildman–Crippen LogP) is 5.16. The number of anilines is 4. The summed E-state index contributed by atoms with van der Waals surface area (Å²) < 4.78 is 5.56. The van der Waals surface area contributed by atoms with Crippen LogP contribution < -0.4 is 25.2 Å². The number of piperidine rings is 1. The van der Waals surface area contributed by atoms with Crippen LogP contribution in [0.4, 0.5) is 27.5 Å². The van der Waals surface area contributed by atoms with Gasteiger partial charge < -0.3 is 30.1 Å². The van der Waals surface area contributed by atoms with E-state index >= 15 is 0 Å². The topological polar surface area (TPSA) is 101 Å². The number of carbonyl (C=O) groups excluding carboxylic acids is 2. The average Bonchev–Trinajstić information content (AvgIpc) is 3.01. The highest BCUT2D eigenvalue weighted by molar-refractivity contribution is 6.04. The minimum absolute atomic E-state index is 0.00184. The van der Waals surface area contributed by atoms with Crippen LogP contribution >= 0.6 is 0 Å². The first-order valence-electron chi connectivity index (χ1n) is 13.7. The summed E-state index contributed by atoms with van der Waals surface area (Å²) in [5.41, 5.74) is 4.19. The number of benzene rings is 3. The molecule has 2 N–H and O–H groups in total. The fraction of sp³-hybridized carbons (Fsp3) is 0.323. The van der Waals surface area contributed by atoms with Gasteiger partial charge in [0, 0.05) is 56.3 Å². The smallest absolute Gasteiger partial charge is 0.323 e. The number of nitriles is 1. The van der Waals surface area contributed by atoms with Crippen molar-refractivity contribution in [1.82, 2.24) is 4.90 Å². The summed E-state index contributed by atoms with van der Waals surface area (Å²) in [4.78, 5) is 32.9. The van der Waals surface area contributed by atoms with Crippen LogP contribution in [0.15, 0.2) is 66.7 Å². The number of ether oxygens (including phenoxy) is 1. The Hall–Kier alpha value is -4.71. The zero-order chi connectivity index (χ0) is 27.9. The monoisotopic (exact) mass is 538 g/mol. The first-order valence-corrected chi connectivity index (χ1v) is 13.7. The number of likely N-dealkylation sites (tertiary alicyclic amines) is 1. The Balaban J connectivity index is 1.34. The molecule has 5 rings (SSSR count). The van der Waals surface area contributed by atoms with Crippen LogP contribution in [0, 0.1) is 11.3 Å². The Morgan fingerprint density at radius 1 is 0.775 bits per heavy atom. The lowest BCUT2D eigenvalue weighted by Crippen LogP contribution is -2.47. The third kappa shape index (κ3) is 6.12. The first kappa shape index (κ1) is 26.9. The van der Waals surface area contributed by atoms with Crippen molar-refractivity contribution >= 4 is 34.7 Å². The molecule has 0 saturated carbocycles. The van der Waals surface area contributed by atoms with Gasteiger partial charge in [0.15, 0.2) is 0 Å². The molecule has 3 aromatic rings. The van der Waals surface area contributed by atoms with E-state index in [4.69, 9.17) is 10.00 Å². The van der Waals surface area contributed by atoms with Gasteiger partial charge in [0.05, 0.1) is 30.0 Å². The lowest BCUT2D eigenvalue weighted by molar-refractivity contribution is 0.0725. The molecule has 0 unspecified atom stereocenters. The van der Waals surface area contributed by atoms with Crippen LogP contribution in [0.2, 0.25) is 0 Å². The molecule has 0 atom stereocenters. The molecule has 0 radical (unpaired) electrons. The molecule has 0 aliphatic carbocycles. The van der Waals surface area contributed by atoms with Crippen LogP contribution in [0.3, 0.4) is 0 Å². The van der Waals surface area contributed by atoms with Crippen molar-refractivity contribution in [2.24, 2.45) is 0 Å². The van der Waals surface area contributed by atoms with Crippen molar-refractivity contribution in [1.29, 1.82) is 5.26 Å². The van der Waals surface area contributed by atoms with Crippen molar-refractivity contribution < 1.29 is 14.3 Å². The lowest BCUT2D eigenvalue weighted by Gasteiger charge is -2.39. The Bertz CT molecular complexity index is 1390. The maximum absolute atomic E-state index is 13.7. The van der Waals surface area contributed by atoms with E-state index in [1.807, 2.05) is 35.2 Å². The van der Waals surface area contributed by atoms with Crippen LogP contribution in [0.25, 0.3) is 0 Å². The third-order valence-corrected chi connectivity index (χ3v) is 7.45. The molecule has 2 aliphatic heterocycles. The van der Waals surface area contributed by atoms with E-state index in [1.165, 1.54) is 0 Å². The molecule has 206 valence electrons. The molecule has 9 nitrogen and oxygen atoms in total. The molecule has 0 spiro atoms. The highest BCUT2D eigenvalue weighted by Crippen LogP contribution is 2.32. The number of hydrogen-bond acceptors (Lipinski definition) is 6. The maximum Gasteiger partial charge on any atom is 0.323 e. The molecule has 40 heavy (non-hydrogen) atoms. The summed E-state index contributed by atoms with van der Waals surface area (Å²) in [6.07, 6.45) is 3.14. The molecule has 3 amide bonds. The standard InChI is InChI=1S/C31H34N6O3/c1-40-29-8-4-3-7-28(29)36-19-17-35(18-20-36)27-14-13-25(21-26(27)30(38)37-15-5-2-6-16-37)34-31(39)33-24-11-9-23(22-32)10-12-24/h3-4,7-14,21H,2,5-6,15-20H2,1H3,(H2,33,34,39). The predicted molar refractivity (Wildman–Crippen MR) is 157 cm³/mol. The highest BCUT2D eigenvalue weighted by atomic mass is 16.5. The van der Waals surface area contributed by atoms with Crippen molar-refractivity contribution in [3.8, 4) is 11.8 Å². The summed E-state index contributed by atoms with van der Waals surface area (Å²) >= 11 is 0. The minimum Gasteiger partial charge on any atom is -0.495 e. The Morgan fingerprint density at radius 2 is 1.40 bits per heavy atom. The number of amides is 3. The number of nitrogens with zero attached hydrogens (tertiary/aromatic N) is 4. The van der Waals surface area contributed by atoms with E-state index in [1.54, 1.807) is 37.4 Å². The van der Waals surface area contributed by atoms with E-state index in [2.05, 4.69) is 32.6 Å². The van der Waals surface area contributed by atoms with Crippen LogP contribution in [-0.4, -0.2) is 63.2 Å². The zero-order valence-electron chi connectivity index (χ0n) is 22.7. The molecule has 2 heterocycles. The van der Waals surface area contributed by atoms with Crippen molar-refractivity contribution in [2.75, 3.05) is 66.8 Å². The molecule has 3 aromatic carbocycles. The van der Waals surface area contributed by atoms with Gasteiger partial charge in [-0.2, -0.15) is 5.26 Å². The van der Waals surface area contributed by atoms with Gasteiger partial charge in [0.25, 0.3) is 5.91 Å². The van der Waals surface area contributed by atoms with Crippen LogP contribution in [0.5, 0.6) is 5.75 Å². The highest BCUT2D eigenvalue weighted by Gasteiger charge is 2.26. The van der Waals surface area contributed by atoms with Crippen molar-refractivity contribution in [3.63, 3.8) is 0 Å². The molecule has 2 saturated heterocycles. The zero-order valence-corrected chi connectivity index (χ0v) is 22.7. The number of nitrogens with one attached hydrogen (secondary N) is 2. The SMILES string of the molecule is COc1ccccc1N1CCN(c2ccc(NC(=O)Nc3ccc(C#N)cc3)cc2C(=O)N2CCCCC2)CC1. The number of methoxy groups -OCH3 is 1. The summed E-state index contributed by atoms with van der Waals surface area (Å²) in [6.45, 7) is 4.59. The largest absolute Gasteiger partial charge is 0.495 e. The Kier molecular flexibility index (Phi) is 8.35. The first-order chi connectivity index (χ1) is 19.6. The molecule has 0 bridgehead atoms. The molecular weight excluding hydrogens is 504 g/mol. The van der Waals surface area contributed by atoms with Gasteiger partial charge in [-0.3, -0.25) is 4.79 Å². The van der Waals surface area contributed by atoms with Crippen molar-refractivity contribution in [2.45, 2.75) is 19.3 Å². The second kappa shape index (κ2) is 12.4. The van der Waals surface area contributed by atoms with Gasteiger partial charge >= 0.3 is 6.03 Å². The number of piperazine rings is 1. The molecule has 2 aliphatic rings. The summed E-state index contributed by atoms with van der Waals surface area (Å²) in [7, 11) is 1.69. The van der Waals surface area contributed by atoms with E-state index < -0.39 is 6.03 Å². The third-order valence-electron chi connectivity index (χ3n) is 7.45. The fourth-order valence-electron chi connectivity index (χ4n) is 5.33. The van der Waals surface area contributed by atoms with Crippen LogP contribution in [-0.2, 0) is 0 Å². The van der Waals surface area contributed by atoms with Crippen LogP contribution in [0.1, 0.15) is 35.2 Å². The number of para-hydroxylation sites is 2. The second-order valence-electron chi connectivity index (χ2n) is 10.00. The fourth-order valence-corrected chi connectivity index (χ4v) is 5.33. The number of carbonyl (C=O) groups is 2. The van der Waals surface area contributed by atoms with E-state index in [9.17, 15) is 9.59 Å². The summed E-state index contributed by atoms with van der Waals surface area (Å²) in [5.74, 6) is 0.852. The maximum atomic E-state index is 13.7. The quantitative estimate of drug-likeness (QED) is 0.450. The normalized spacial score (nSPS) is 15.2. The van der Waals surface area contributed by atoms with E-state index in [0.29, 0.717) is 22.5 Å². The molecule has 0 aromatic heterocycles. The Labute approximate surface area is 234 Å². The number of urea groups is 1. The average molecular weight is 539 g/mol. The van der Waals surface area contributed by atoms with Gasteiger partial charge in [-0.1, -0.05) is 12.1 Å². The van der Waals surface area contributed by atoms with Crippen molar-refractivity contribution in [3.05, 3.63) is 77.9 Å². The second-order valence-corrected chi connectivity index (χ2v) is 10.00. The lowest BCUT2D eigenvalue weighted by atomic mass is 10.1. The summed E-state index contributed by atoms with van der Waals surface area (Å²) in [5, 5.41) is 14.6. The number of rotatable bonds is 6. The van der Waals surface area contributed by atoms with Gasteiger partial charge in [0.2, 0.25) is 0 Å². The Morgan fingerprint density at radius 3 is 2.08 bits per heavy atom. The molecule has 2 fully saturated rings. The summed E-state index contributed by atoms with van der Waals surface area (Å²) in [6, 6.07) is 21.9. The van der Waals surface area contributed by atoms with Gasteiger partial charge in [-0.25, -0.2) is 4.79 Å². The van der Waals surface area contributed by atoms with E-state index in [0.717, 1.165) is 75.7 Å². The number of hydrogen-bond donors (Lipinski definition) is 2. The van der Waals surface area contributed by atoms with E-state index in [-0.39, 0.29) is 5.91 Å².